The van der Waals surface area contributed by atoms with Crippen molar-refractivity contribution in [2.75, 3.05) is 32.7 Å². The average molecular weight is 238 g/mol. The lowest BCUT2D eigenvalue weighted by molar-refractivity contribution is -0.117. The molecule has 2 aliphatic heterocycles. The van der Waals surface area contributed by atoms with Gasteiger partial charge in [0, 0.05) is 19.0 Å². The van der Waals surface area contributed by atoms with Gasteiger partial charge in [0.15, 0.2) is 0 Å². The van der Waals surface area contributed by atoms with E-state index in [4.69, 9.17) is 0 Å². The lowest BCUT2D eigenvalue weighted by Crippen LogP contribution is -2.35. The summed E-state index contributed by atoms with van der Waals surface area (Å²) in [5, 5.41) is 0. The van der Waals surface area contributed by atoms with Gasteiger partial charge in [-0.3, -0.25) is 4.90 Å². The molecule has 98 valence electrons. The minimum atomic E-state index is 0.335. The van der Waals surface area contributed by atoms with Crippen LogP contribution in [-0.4, -0.2) is 54.3 Å². The minimum Gasteiger partial charge on any atom is -0.302 e. The van der Waals surface area contributed by atoms with Gasteiger partial charge in [0.05, 0.1) is 0 Å². The fourth-order valence-electron chi connectivity index (χ4n) is 3.13. The smallest absolute Gasteiger partial charge is 0.129 e. The molecule has 0 bridgehead atoms. The van der Waals surface area contributed by atoms with Crippen molar-refractivity contribution < 1.29 is 4.79 Å². The van der Waals surface area contributed by atoms with Crippen molar-refractivity contribution >= 4 is 5.78 Å². The van der Waals surface area contributed by atoms with Crippen molar-refractivity contribution in [2.24, 2.45) is 0 Å². The summed E-state index contributed by atoms with van der Waals surface area (Å²) in [5.74, 6) is 0.335. The molecule has 0 N–H and O–H groups in total. The van der Waals surface area contributed by atoms with Crippen molar-refractivity contribution in [1.29, 1.82) is 0 Å². The predicted molar refractivity (Wildman–Crippen MR) is 70.2 cm³/mol. The largest absolute Gasteiger partial charge is 0.302 e. The highest BCUT2D eigenvalue weighted by atomic mass is 16.1. The highest BCUT2D eigenvalue weighted by Gasteiger charge is 2.28. The zero-order valence-electron chi connectivity index (χ0n) is 11.2. The molecule has 3 nitrogen and oxygen atoms in total. The Bertz CT molecular complexity index is 249. The standard InChI is InChI=1S/C14H26N2O/c1-13(17)6-2-3-8-15-11-7-14(12-15)16-9-4-5-10-16/h14H,2-12H2,1H3. The zero-order valence-corrected chi connectivity index (χ0v) is 11.2. The van der Waals surface area contributed by atoms with E-state index >= 15 is 0 Å². The Morgan fingerprint density at radius 3 is 2.65 bits per heavy atom. The van der Waals surface area contributed by atoms with Crippen molar-refractivity contribution in [3.05, 3.63) is 0 Å². The Balaban J connectivity index is 1.59. The number of hydrogen-bond donors (Lipinski definition) is 0. The molecule has 0 radical (unpaired) electrons. The molecular formula is C14H26N2O. The Morgan fingerprint density at radius 1 is 1.18 bits per heavy atom. The Morgan fingerprint density at radius 2 is 1.94 bits per heavy atom. The van der Waals surface area contributed by atoms with Crippen molar-refractivity contribution in [2.45, 2.75) is 51.5 Å². The van der Waals surface area contributed by atoms with Crippen LogP contribution in [0.3, 0.4) is 0 Å². The normalized spacial score (nSPS) is 26.8. The van der Waals surface area contributed by atoms with Gasteiger partial charge in [-0.15, -0.1) is 0 Å². The third-order valence-corrected chi connectivity index (χ3v) is 4.16. The van der Waals surface area contributed by atoms with Crippen LogP contribution in [-0.2, 0) is 4.79 Å². The van der Waals surface area contributed by atoms with Crippen LogP contribution in [0.2, 0.25) is 0 Å². The van der Waals surface area contributed by atoms with E-state index in [1.165, 1.54) is 58.4 Å². The van der Waals surface area contributed by atoms with E-state index in [2.05, 4.69) is 9.80 Å². The van der Waals surface area contributed by atoms with E-state index in [-0.39, 0.29) is 0 Å². The number of carbonyl (C=O) groups is 1. The molecule has 0 aliphatic carbocycles. The number of ketones is 1. The van der Waals surface area contributed by atoms with Crippen LogP contribution in [0.1, 0.15) is 45.4 Å². The maximum absolute atomic E-state index is 10.8. The van der Waals surface area contributed by atoms with Gasteiger partial charge < -0.3 is 9.69 Å². The first-order valence-corrected chi connectivity index (χ1v) is 7.21. The van der Waals surface area contributed by atoms with E-state index in [1.54, 1.807) is 6.92 Å². The minimum absolute atomic E-state index is 0.335. The second-order valence-corrected chi connectivity index (χ2v) is 5.65. The molecule has 2 fully saturated rings. The lowest BCUT2D eigenvalue weighted by Gasteiger charge is -2.23. The van der Waals surface area contributed by atoms with Crippen LogP contribution < -0.4 is 0 Å². The van der Waals surface area contributed by atoms with Gasteiger partial charge in [-0.25, -0.2) is 0 Å². The molecule has 2 aliphatic rings. The first kappa shape index (κ1) is 13.0. The van der Waals surface area contributed by atoms with Crippen LogP contribution in [0, 0.1) is 0 Å². The molecule has 0 aromatic heterocycles. The molecule has 0 aromatic carbocycles. The van der Waals surface area contributed by atoms with Crippen LogP contribution in [0.25, 0.3) is 0 Å². The molecule has 2 heterocycles. The number of Topliss-reactive ketones (excluding diaryl/α,β-unsaturated/α-hetero) is 1. The van der Waals surface area contributed by atoms with E-state index in [1.807, 2.05) is 0 Å². The molecule has 3 heteroatoms. The number of likely N-dealkylation sites (tertiary alicyclic amines) is 2. The van der Waals surface area contributed by atoms with E-state index in [0.29, 0.717) is 5.78 Å². The number of rotatable bonds is 6. The van der Waals surface area contributed by atoms with Gasteiger partial charge >= 0.3 is 0 Å². The third-order valence-electron chi connectivity index (χ3n) is 4.16. The highest BCUT2D eigenvalue weighted by molar-refractivity contribution is 5.75. The first-order valence-electron chi connectivity index (χ1n) is 7.21. The van der Waals surface area contributed by atoms with Crippen LogP contribution in [0.4, 0.5) is 0 Å². The molecule has 0 amide bonds. The number of carbonyl (C=O) groups excluding carboxylic acids is 1. The van der Waals surface area contributed by atoms with E-state index in [9.17, 15) is 4.79 Å². The lowest BCUT2D eigenvalue weighted by atomic mass is 10.2. The maximum atomic E-state index is 10.8. The zero-order chi connectivity index (χ0) is 12.1. The highest BCUT2D eigenvalue weighted by Crippen LogP contribution is 2.20. The van der Waals surface area contributed by atoms with Gasteiger partial charge in [0.2, 0.25) is 0 Å². The number of nitrogens with zero attached hydrogens (tertiary/aromatic N) is 2. The topological polar surface area (TPSA) is 23.6 Å². The van der Waals surface area contributed by atoms with E-state index in [0.717, 1.165) is 18.9 Å². The molecular weight excluding hydrogens is 212 g/mol. The molecule has 2 saturated heterocycles. The quantitative estimate of drug-likeness (QED) is 0.661. The maximum Gasteiger partial charge on any atom is 0.129 e. The summed E-state index contributed by atoms with van der Waals surface area (Å²) in [7, 11) is 0. The van der Waals surface area contributed by atoms with Gasteiger partial charge in [-0.05, 0) is 65.2 Å². The second kappa shape index (κ2) is 6.50. The molecule has 1 atom stereocenters. The van der Waals surface area contributed by atoms with Crippen LogP contribution in [0.5, 0.6) is 0 Å². The summed E-state index contributed by atoms with van der Waals surface area (Å²) < 4.78 is 0. The second-order valence-electron chi connectivity index (χ2n) is 5.65. The van der Waals surface area contributed by atoms with E-state index < -0.39 is 0 Å². The Kier molecular flexibility index (Phi) is 4.99. The Hall–Kier alpha value is -0.410. The molecule has 0 spiro atoms. The third kappa shape index (κ3) is 4.07. The summed E-state index contributed by atoms with van der Waals surface area (Å²) in [4.78, 5) is 16.1. The molecule has 1 unspecified atom stereocenters. The summed E-state index contributed by atoms with van der Waals surface area (Å²) in [6.45, 7) is 8.06. The monoisotopic (exact) mass is 238 g/mol. The molecule has 17 heavy (non-hydrogen) atoms. The predicted octanol–water partition coefficient (Wildman–Crippen LogP) is 1.92. The first-order chi connectivity index (χ1) is 8.25. The van der Waals surface area contributed by atoms with Crippen LogP contribution in [0.15, 0.2) is 0 Å². The summed E-state index contributed by atoms with van der Waals surface area (Å²) in [5.41, 5.74) is 0. The van der Waals surface area contributed by atoms with Gasteiger partial charge in [-0.1, -0.05) is 0 Å². The summed E-state index contributed by atoms with van der Waals surface area (Å²) in [6, 6.07) is 0.824. The molecule has 0 aromatic rings. The number of hydrogen-bond acceptors (Lipinski definition) is 3. The van der Waals surface area contributed by atoms with Crippen molar-refractivity contribution in [1.82, 2.24) is 9.80 Å². The fraction of sp³-hybridized carbons (Fsp3) is 0.929. The molecule has 0 saturated carbocycles. The molecule has 2 rings (SSSR count). The SMILES string of the molecule is CC(=O)CCCCN1CCC(N2CCCC2)C1. The summed E-state index contributed by atoms with van der Waals surface area (Å²) in [6.07, 6.45) is 7.17. The van der Waals surface area contributed by atoms with Gasteiger partial charge in [0.25, 0.3) is 0 Å². The fourth-order valence-corrected chi connectivity index (χ4v) is 3.13. The van der Waals surface area contributed by atoms with Crippen molar-refractivity contribution in [3.63, 3.8) is 0 Å². The van der Waals surface area contributed by atoms with Crippen molar-refractivity contribution in [3.8, 4) is 0 Å². The Labute approximate surface area is 105 Å². The van der Waals surface area contributed by atoms with Gasteiger partial charge in [-0.2, -0.15) is 0 Å². The summed E-state index contributed by atoms with van der Waals surface area (Å²) >= 11 is 0. The van der Waals surface area contributed by atoms with Gasteiger partial charge in [0.1, 0.15) is 5.78 Å². The van der Waals surface area contributed by atoms with Crippen LogP contribution >= 0.6 is 0 Å². The average Bonchev–Trinajstić information content (AvgIpc) is 2.94. The number of unbranched alkanes of at least 4 members (excludes halogenated alkanes) is 1.